The number of alkyl halides is 1. The Morgan fingerprint density at radius 3 is 2.75 bits per heavy atom. The van der Waals surface area contributed by atoms with E-state index in [2.05, 4.69) is 15.9 Å². The highest BCUT2D eigenvalue weighted by Gasteiger charge is 1.98. The molecule has 0 spiro atoms. The van der Waals surface area contributed by atoms with Crippen molar-refractivity contribution in [3.8, 4) is 0 Å². The molecule has 0 saturated carbocycles. The zero-order chi connectivity index (χ0) is 6.41. The molecule has 0 saturated heterocycles. The molecule has 8 heavy (non-hydrogen) atoms. The normalized spacial score (nSPS) is 13.9. The fraction of sp³-hybridized carbons (Fsp3) is 1.00. The summed E-state index contributed by atoms with van der Waals surface area (Å²) in [4.78, 5) is 0.197. The molecule has 0 unspecified atom stereocenters. The lowest BCUT2D eigenvalue weighted by Gasteiger charge is -2.02. The van der Waals surface area contributed by atoms with Crippen LogP contribution in [0.3, 0.4) is 0 Å². The van der Waals surface area contributed by atoms with Gasteiger partial charge in [0, 0.05) is 18.5 Å². The topological polar surface area (TPSA) is 29.5 Å². The smallest absolute Gasteiger partial charge is 0.0557 e. The highest BCUT2D eigenvalue weighted by atomic mass is 79.9. The van der Waals surface area contributed by atoms with Crippen LogP contribution in [0.1, 0.15) is 6.42 Å². The van der Waals surface area contributed by atoms with Gasteiger partial charge in [-0.25, -0.2) is 0 Å². The van der Waals surface area contributed by atoms with Gasteiger partial charge in [0.2, 0.25) is 0 Å². The first-order chi connectivity index (χ1) is 3.81. The monoisotopic (exact) mass is 182 g/mol. The number of rotatable bonds is 4. The molecule has 0 aromatic carbocycles. The standard InChI is InChI=1S/C5H11BrO2/c1-8-3-2-5(6)4-7/h5,7H,2-4H2,1H3/t5-/m0/s1. The molecule has 3 heteroatoms. The van der Waals surface area contributed by atoms with Crippen LogP contribution in [0.4, 0.5) is 0 Å². The Bertz CT molecular complexity index is 49.7. The summed E-state index contributed by atoms with van der Waals surface area (Å²) >= 11 is 3.25. The molecule has 0 amide bonds. The third-order valence-corrected chi connectivity index (χ3v) is 1.58. The van der Waals surface area contributed by atoms with E-state index in [-0.39, 0.29) is 11.4 Å². The van der Waals surface area contributed by atoms with E-state index in [1.54, 1.807) is 7.11 Å². The SMILES string of the molecule is COCC[C@H](Br)CO. The van der Waals surface area contributed by atoms with Gasteiger partial charge in [-0.1, -0.05) is 15.9 Å². The summed E-state index contributed by atoms with van der Waals surface area (Å²) in [6, 6.07) is 0. The molecular formula is C5H11BrO2. The van der Waals surface area contributed by atoms with Crippen LogP contribution in [0.5, 0.6) is 0 Å². The number of hydrogen-bond donors (Lipinski definition) is 1. The van der Waals surface area contributed by atoms with E-state index in [4.69, 9.17) is 9.84 Å². The van der Waals surface area contributed by atoms with E-state index in [0.29, 0.717) is 6.61 Å². The number of aliphatic hydroxyl groups excluding tert-OH is 1. The Hall–Kier alpha value is 0.400. The molecule has 0 aromatic heterocycles. The van der Waals surface area contributed by atoms with Crippen molar-refractivity contribution in [1.29, 1.82) is 0 Å². The molecule has 0 heterocycles. The molecule has 0 aromatic rings. The summed E-state index contributed by atoms with van der Waals surface area (Å²) in [6.07, 6.45) is 0.868. The van der Waals surface area contributed by atoms with Gasteiger partial charge < -0.3 is 9.84 Å². The van der Waals surface area contributed by atoms with Crippen LogP contribution in [0.15, 0.2) is 0 Å². The first-order valence-electron chi connectivity index (χ1n) is 2.55. The van der Waals surface area contributed by atoms with Crippen molar-refractivity contribution in [3.05, 3.63) is 0 Å². The first kappa shape index (κ1) is 8.40. The summed E-state index contributed by atoms with van der Waals surface area (Å²) in [5, 5.41) is 8.46. The van der Waals surface area contributed by atoms with E-state index in [1.165, 1.54) is 0 Å². The van der Waals surface area contributed by atoms with Gasteiger partial charge >= 0.3 is 0 Å². The van der Waals surface area contributed by atoms with Crippen LogP contribution < -0.4 is 0 Å². The molecule has 0 aliphatic carbocycles. The van der Waals surface area contributed by atoms with Crippen LogP contribution in [0.2, 0.25) is 0 Å². The zero-order valence-corrected chi connectivity index (χ0v) is 6.52. The minimum absolute atomic E-state index is 0.184. The van der Waals surface area contributed by atoms with E-state index in [0.717, 1.165) is 6.42 Å². The van der Waals surface area contributed by atoms with Gasteiger partial charge in [-0.15, -0.1) is 0 Å². The number of ether oxygens (including phenoxy) is 1. The summed E-state index contributed by atoms with van der Waals surface area (Å²) in [6.45, 7) is 0.889. The molecular weight excluding hydrogens is 172 g/mol. The Kier molecular flexibility index (Phi) is 5.81. The second-order valence-electron chi connectivity index (χ2n) is 1.56. The molecule has 0 bridgehead atoms. The molecule has 0 rings (SSSR count). The predicted molar refractivity (Wildman–Crippen MR) is 36.3 cm³/mol. The lowest BCUT2D eigenvalue weighted by atomic mass is 10.3. The quantitative estimate of drug-likeness (QED) is 0.652. The number of hydrogen-bond acceptors (Lipinski definition) is 2. The van der Waals surface area contributed by atoms with Crippen molar-refractivity contribution in [1.82, 2.24) is 0 Å². The molecule has 0 aliphatic rings. The van der Waals surface area contributed by atoms with E-state index < -0.39 is 0 Å². The third kappa shape index (κ3) is 4.56. The minimum atomic E-state index is 0.184. The number of aliphatic hydroxyl groups is 1. The summed E-state index contributed by atoms with van der Waals surface area (Å²) < 4.78 is 4.77. The van der Waals surface area contributed by atoms with E-state index >= 15 is 0 Å². The third-order valence-electron chi connectivity index (χ3n) is 0.833. The van der Waals surface area contributed by atoms with Gasteiger partial charge in [-0.05, 0) is 6.42 Å². The fourth-order valence-corrected chi connectivity index (χ4v) is 0.524. The highest BCUT2D eigenvalue weighted by molar-refractivity contribution is 9.09. The van der Waals surface area contributed by atoms with Crippen LogP contribution >= 0.6 is 15.9 Å². The maximum absolute atomic E-state index is 8.46. The van der Waals surface area contributed by atoms with Crippen molar-refractivity contribution >= 4 is 15.9 Å². The average molecular weight is 183 g/mol. The predicted octanol–water partition coefficient (Wildman–Crippen LogP) is 0.779. The van der Waals surface area contributed by atoms with Gasteiger partial charge in [0.1, 0.15) is 0 Å². The van der Waals surface area contributed by atoms with Crippen LogP contribution in [0.25, 0.3) is 0 Å². The maximum atomic E-state index is 8.46. The second kappa shape index (κ2) is 5.54. The van der Waals surface area contributed by atoms with Gasteiger partial charge in [-0.2, -0.15) is 0 Å². The zero-order valence-electron chi connectivity index (χ0n) is 4.93. The van der Waals surface area contributed by atoms with Crippen molar-refractivity contribution in [2.75, 3.05) is 20.3 Å². The van der Waals surface area contributed by atoms with Crippen molar-refractivity contribution in [2.24, 2.45) is 0 Å². The summed E-state index contributed by atoms with van der Waals surface area (Å²) in [5.41, 5.74) is 0. The maximum Gasteiger partial charge on any atom is 0.0557 e. The van der Waals surface area contributed by atoms with Crippen LogP contribution in [0, 0.1) is 0 Å². The molecule has 0 aliphatic heterocycles. The van der Waals surface area contributed by atoms with E-state index in [1.807, 2.05) is 0 Å². The number of halogens is 1. The Morgan fingerprint density at radius 2 is 2.38 bits per heavy atom. The molecule has 1 atom stereocenters. The lowest BCUT2D eigenvalue weighted by molar-refractivity contribution is 0.184. The molecule has 2 nitrogen and oxygen atoms in total. The lowest BCUT2D eigenvalue weighted by Crippen LogP contribution is -2.06. The second-order valence-corrected chi connectivity index (χ2v) is 2.86. The molecule has 0 radical (unpaired) electrons. The summed E-state index contributed by atoms with van der Waals surface area (Å²) in [7, 11) is 1.65. The van der Waals surface area contributed by atoms with Crippen molar-refractivity contribution in [3.63, 3.8) is 0 Å². The van der Waals surface area contributed by atoms with Gasteiger partial charge in [0.25, 0.3) is 0 Å². The van der Waals surface area contributed by atoms with Crippen molar-refractivity contribution in [2.45, 2.75) is 11.2 Å². The molecule has 0 fully saturated rings. The summed E-state index contributed by atoms with van der Waals surface area (Å²) in [5.74, 6) is 0. The fourth-order valence-electron chi connectivity index (χ4n) is 0.337. The van der Waals surface area contributed by atoms with Gasteiger partial charge in [0.15, 0.2) is 0 Å². The van der Waals surface area contributed by atoms with Gasteiger partial charge in [-0.3, -0.25) is 0 Å². The van der Waals surface area contributed by atoms with Crippen LogP contribution in [-0.4, -0.2) is 30.3 Å². The van der Waals surface area contributed by atoms with Crippen molar-refractivity contribution < 1.29 is 9.84 Å². The van der Waals surface area contributed by atoms with E-state index in [9.17, 15) is 0 Å². The Morgan fingerprint density at radius 1 is 1.75 bits per heavy atom. The average Bonchev–Trinajstić information content (AvgIpc) is 1.83. The number of methoxy groups -OCH3 is 1. The highest BCUT2D eigenvalue weighted by Crippen LogP contribution is 2.02. The molecule has 50 valence electrons. The van der Waals surface area contributed by atoms with Gasteiger partial charge in [0.05, 0.1) is 6.61 Å². The largest absolute Gasteiger partial charge is 0.395 e. The Balaban J connectivity index is 2.86. The minimum Gasteiger partial charge on any atom is -0.395 e. The first-order valence-corrected chi connectivity index (χ1v) is 3.46. The van der Waals surface area contributed by atoms with Crippen LogP contribution in [-0.2, 0) is 4.74 Å². The molecule has 1 N–H and O–H groups in total. The Labute approximate surface area is 58.0 Å².